The number of aromatic nitrogens is 2. The van der Waals surface area contributed by atoms with Crippen LogP contribution in [0.2, 0.25) is 10.0 Å². The van der Waals surface area contributed by atoms with Crippen LogP contribution >= 0.6 is 23.2 Å². The summed E-state index contributed by atoms with van der Waals surface area (Å²) in [5, 5.41) is 17.1. The van der Waals surface area contributed by atoms with Crippen LogP contribution in [0.25, 0.3) is 0 Å². The lowest BCUT2D eigenvalue weighted by atomic mass is 10.3. The second-order valence-electron chi connectivity index (χ2n) is 6.90. The Balaban J connectivity index is 1.58. The predicted molar refractivity (Wildman–Crippen MR) is 122 cm³/mol. The van der Waals surface area contributed by atoms with Crippen molar-refractivity contribution in [3.8, 4) is 5.75 Å². The standard InChI is InChI=1S/C21H23Cl2N5O2/c1-28(2)12-16(29)13-30-17-6-3-14(4-7-17)26-21-24-10-9-20(27-21)25-15-5-8-18(22)19(23)11-15/h3-11,16,29H,12-13H2,1-2H3,(H2,24,25,26,27). The van der Waals surface area contributed by atoms with E-state index in [1.165, 1.54) is 0 Å². The van der Waals surface area contributed by atoms with Crippen molar-refractivity contribution in [3.05, 3.63) is 64.8 Å². The quantitative estimate of drug-likeness (QED) is 0.442. The van der Waals surface area contributed by atoms with E-state index in [4.69, 9.17) is 27.9 Å². The zero-order valence-corrected chi connectivity index (χ0v) is 18.2. The molecular formula is C21H23Cl2N5O2. The van der Waals surface area contributed by atoms with Crippen molar-refractivity contribution >= 4 is 46.3 Å². The van der Waals surface area contributed by atoms with E-state index in [0.29, 0.717) is 34.1 Å². The summed E-state index contributed by atoms with van der Waals surface area (Å²) in [6.45, 7) is 0.778. The third kappa shape index (κ3) is 6.74. The Morgan fingerprint density at radius 2 is 1.73 bits per heavy atom. The van der Waals surface area contributed by atoms with E-state index in [1.54, 1.807) is 24.4 Å². The normalized spacial score (nSPS) is 11.9. The highest BCUT2D eigenvalue weighted by molar-refractivity contribution is 6.42. The highest BCUT2D eigenvalue weighted by Gasteiger charge is 2.07. The minimum atomic E-state index is -0.544. The summed E-state index contributed by atoms with van der Waals surface area (Å²) in [4.78, 5) is 10.6. The van der Waals surface area contributed by atoms with Crippen LogP contribution in [-0.2, 0) is 0 Å². The molecule has 158 valence electrons. The van der Waals surface area contributed by atoms with Crippen LogP contribution in [0, 0.1) is 0 Å². The van der Waals surface area contributed by atoms with Gasteiger partial charge in [0, 0.05) is 24.1 Å². The Kier molecular flexibility index (Phi) is 7.70. The molecule has 1 atom stereocenters. The minimum Gasteiger partial charge on any atom is -0.491 e. The fraction of sp³-hybridized carbons (Fsp3) is 0.238. The van der Waals surface area contributed by atoms with E-state index < -0.39 is 6.10 Å². The maximum Gasteiger partial charge on any atom is 0.229 e. The first-order valence-electron chi connectivity index (χ1n) is 9.27. The third-order valence-electron chi connectivity index (χ3n) is 3.98. The van der Waals surface area contributed by atoms with Gasteiger partial charge in [0.1, 0.15) is 24.3 Å². The Hall–Kier alpha value is -2.58. The molecule has 1 heterocycles. The fourth-order valence-corrected chi connectivity index (χ4v) is 2.94. The maximum absolute atomic E-state index is 9.88. The maximum atomic E-state index is 9.88. The van der Waals surface area contributed by atoms with E-state index in [1.807, 2.05) is 49.3 Å². The number of rotatable bonds is 9. The lowest BCUT2D eigenvalue weighted by molar-refractivity contribution is 0.0831. The number of benzene rings is 2. The summed E-state index contributed by atoms with van der Waals surface area (Å²) in [7, 11) is 3.81. The van der Waals surface area contributed by atoms with Gasteiger partial charge in [-0.2, -0.15) is 4.98 Å². The largest absolute Gasteiger partial charge is 0.491 e. The molecule has 0 aliphatic heterocycles. The number of nitrogens with zero attached hydrogens (tertiary/aromatic N) is 3. The van der Waals surface area contributed by atoms with E-state index >= 15 is 0 Å². The molecule has 0 radical (unpaired) electrons. The van der Waals surface area contributed by atoms with Crippen LogP contribution in [0.15, 0.2) is 54.7 Å². The summed E-state index contributed by atoms with van der Waals surface area (Å²) < 4.78 is 5.61. The molecule has 2 aromatic carbocycles. The molecule has 0 saturated heterocycles. The molecule has 30 heavy (non-hydrogen) atoms. The molecule has 0 bridgehead atoms. The molecule has 3 rings (SSSR count). The smallest absolute Gasteiger partial charge is 0.229 e. The van der Waals surface area contributed by atoms with Gasteiger partial charge in [-0.1, -0.05) is 23.2 Å². The van der Waals surface area contributed by atoms with E-state index in [-0.39, 0.29) is 6.61 Å². The molecule has 0 saturated carbocycles. The zero-order chi connectivity index (χ0) is 21.5. The second kappa shape index (κ2) is 10.4. The molecule has 0 aliphatic rings. The first-order valence-corrected chi connectivity index (χ1v) is 10.0. The van der Waals surface area contributed by atoms with Gasteiger partial charge >= 0.3 is 0 Å². The van der Waals surface area contributed by atoms with Crippen LogP contribution < -0.4 is 15.4 Å². The SMILES string of the molecule is CN(C)CC(O)COc1ccc(Nc2nccc(Nc3ccc(Cl)c(Cl)c3)n2)cc1. The van der Waals surface area contributed by atoms with Gasteiger partial charge in [-0.25, -0.2) is 4.98 Å². The van der Waals surface area contributed by atoms with E-state index in [9.17, 15) is 5.11 Å². The number of hydrogen-bond donors (Lipinski definition) is 3. The Morgan fingerprint density at radius 3 is 2.43 bits per heavy atom. The first-order chi connectivity index (χ1) is 14.4. The summed E-state index contributed by atoms with van der Waals surface area (Å²) in [6, 6.07) is 14.4. The van der Waals surface area contributed by atoms with Gasteiger partial charge in [-0.3, -0.25) is 0 Å². The molecular weight excluding hydrogens is 425 g/mol. The number of aliphatic hydroxyl groups excluding tert-OH is 1. The molecule has 7 nitrogen and oxygen atoms in total. The summed E-state index contributed by atoms with van der Waals surface area (Å²) >= 11 is 12.0. The van der Waals surface area contributed by atoms with Gasteiger partial charge in [0.25, 0.3) is 0 Å². The lowest BCUT2D eigenvalue weighted by Crippen LogP contribution is -2.30. The average molecular weight is 448 g/mol. The molecule has 0 aliphatic carbocycles. The van der Waals surface area contributed by atoms with Crippen molar-refractivity contribution in [2.24, 2.45) is 0 Å². The third-order valence-corrected chi connectivity index (χ3v) is 4.72. The average Bonchev–Trinajstić information content (AvgIpc) is 2.70. The predicted octanol–water partition coefficient (Wildman–Crippen LogP) is 4.57. The number of nitrogens with one attached hydrogen (secondary N) is 2. The molecule has 1 aromatic heterocycles. The van der Waals surface area contributed by atoms with Gasteiger partial charge in [0.2, 0.25) is 5.95 Å². The fourth-order valence-electron chi connectivity index (χ4n) is 2.64. The topological polar surface area (TPSA) is 82.5 Å². The number of likely N-dealkylation sites (N-methyl/N-ethyl adjacent to an activating group) is 1. The van der Waals surface area contributed by atoms with Crippen LogP contribution in [-0.4, -0.2) is 53.3 Å². The zero-order valence-electron chi connectivity index (χ0n) is 16.6. The summed E-state index contributed by atoms with van der Waals surface area (Å²) in [5.41, 5.74) is 1.58. The van der Waals surface area contributed by atoms with Gasteiger partial charge in [-0.15, -0.1) is 0 Å². The van der Waals surface area contributed by atoms with Crippen molar-refractivity contribution in [2.45, 2.75) is 6.10 Å². The summed E-state index contributed by atoms with van der Waals surface area (Å²) in [5.74, 6) is 1.73. The number of halogens is 2. The van der Waals surface area contributed by atoms with Gasteiger partial charge in [0.05, 0.1) is 10.0 Å². The molecule has 9 heteroatoms. The van der Waals surface area contributed by atoms with Crippen molar-refractivity contribution in [2.75, 3.05) is 37.9 Å². The van der Waals surface area contributed by atoms with E-state index in [2.05, 4.69) is 20.6 Å². The molecule has 3 aromatic rings. The number of anilines is 4. The van der Waals surface area contributed by atoms with Crippen molar-refractivity contribution in [1.82, 2.24) is 14.9 Å². The molecule has 0 spiro atoms. The minimum absolute atomic E-state index is 0.233. The first kappa shape index (κ1) is 22.1. The van der Waals surface area contributed by atoms with Gasteiger partial charge in [-0.05, 0) is 62.6 Å². The van der Waals surface area contributed by atoms with Crippen molar-refractivity contribution in [1.29, 1.82) is 0 Å². The second-order valence-corrected chi connectivity index (χ2v) is 7.71. The van der Waals surface area contributed by atoms with Crippen LogP contribution in [0.3, 0.4) is 0 Å². The monoisotopic (exact) mass is 447 g/mol. The Labute approximate surface area is 185 Å². The molecule has 0 fully saturated rings. The molecule has 1 unspecified atom stereocenters. The van der Waals surface area contributed by atoms with E-state index in [0.717, 1.165) is 11.4 Å². The molecule has 3 N–H and O–H groups in total. The van der Waals surface area contributed by atoms with Crippen molar-refractivity contribution < 1.29 is 9.84 Å². The van der Waals surface area contributed by atoms with Gasteiger partial charge < -0.3 is 25.4 Å². The van der Waals surface area contributed by atoms with Gasteiger partial charge in [0.15, 0.2) is 0 Å². The number of ether oxygens (including phenoxy) is 1. The van der Waals surface area contributed by atoms with Crippen LogP contribution in [0.4, 0.5) is 23.1 Å². The highest BCUT2D eigenvalue weighted by Crippen LogP contribution is 2.27. The number of hydrogen-bond acceptors (Lipinski definition) is 7. The highest BCUT2D eigenvalue weighted by atomic mass is 35.5. The van der Waals surface area contributed by atoms with Crippen LogP contribution in [0.1, 0.15) is 0 Å². The Morgan fingerprint density at radius 1 is 1.00 bits per heavy atom. The molecule has 0 amide bonds. The number of aliphatic hydroxyl groups is 1. The summed E-state index contributed by atoms with van der Waals surface area (Å²) in [6.07, 6.45) is 1.11. The van der Waals surface area contributed by atoms with Crippen LogP contribution in [0.5, 0.6) is 5.75 Å². The Bertz CT molecular complexity index is 970. The lowest BCUT2D eigenvalue weighted by Gasteiger charge is -2.16. The van der Waals surface area contributed by atoms with Crippen molar-refractivity contribution in [3.63, 3.8) is 0 Å².